The molecule has 0 aliphatic rings. The monoisotopic (exact) mass is 252 g/mol. The van der Waals surface area contributed by atoms with Crippen molar-refractivity contribution >= 4 is 11.8 Å². The Morgan fingerprint density at radius 3 is 2.33 bits per heavy atom. The first-order valence-electron chi connectivity index (χ1n) is 5.68. The van der Waals surface area contributed by atoms with E-state index in [-0.39, 0.29) is 11.5 Å². The van der Waals surface area contributed by atoms with E-state index in [0.29, 0.717) is 5.56 Å². The Balaban J connectivity index is 2.90. The van der Waals surface area contributed by atoms with E-state index < -0.39 is 23.7 Å². The Hall–Kier alpha value is -1.91. The van der Waals surface area contributed by atoms with Crippen molar-refractivity contribution in [2.75, 3.05) is 0 Å². The van der Waals surface area contributed by atoms with E-state index in [4.69, 9.17) is 5.73 Å². The van der Waals surface area contributed by atoms with Crippen LogP contribution in [-0.2, 0) is 4.79 Å². The number of amides is 2. The van der Waals surface area contributed by atoms with Gasteiger partial charge < -0.3 is 11.1 Å². The van der Waals surface area contributed by atoms with Crippen LogP contribution in [-0.4, -0.2) is 17.9 Å². The number of hydrogen-bond acceptors (Lipinski definition) is 2. The number of nitrogens with two attached hydrogens (primary N) is 1. The van der Waals surface area contributed by atoms with Gasteiger partial charge in [-0.15, -0.1) is 0 Å². The maximum Gasteiger partial charge on any atom is 0.252 e. The zero-order valence-corrected chi connectivity index (χ0v) is 10.7. The third kappa shape index (κ3) is 3.55. The highest BCUT2D eigenvalue weighted by atomic mass is 19.1. The highest BCUT2D eigenvalue weighted by Crippen LogP contribution is 2.09. The molecular formula is C13H17FN2O2. The van der Waals surface area contributed by atoms with Crippen molar-refractivity contribution in [2.24, 2.45) is 11.7 Å². The minimum atomic E-state index is -0.763. The molecule has 5 heteroatoms. The van der Waals surface area contributed by atoms with Crippen LogP contribution in [0.2, 0.25) is 0 Å². The topological polar surface area (TPSA) is 72.2 Å². The summed E-state index contributed by atoms with van der Waals surface area (Å²) in [4.78, 5) is 23.1. The summed E-state index contributed by atoms with van der Waals surface area (Å²) in [6, 6.07) is 3.24. The molecule has 18 heavy (non-hydrogen) atoms. The number of hydrogen-bond donors (Lipinski definition) is 2. The number of aryl methyl sites for hydroxylation is 1. The molecule has 2 amide bonds. The van der Waals surface area contributed by atoms with Crippen LogP contribution in [0.4, 0.5) is 4.39 Å². The molecule has 4 nitrogen and oxygen atoms in total. The Kier molecular flexibility index (Phi) is 4.42. The lowest BCUT2D eigenvalue weighted by molar-refractivity contribution is -0.120. The second-order valence-electron chi connectivity index (χ2n) is 4.61. The fourth-order valence-corrected chi connectivity index (χ4v) is 1.66. The third-order valence-electron chi connectivity index (χ3n) is 2.56. The van der Waals surface area contributed by atoms with Crippen molar-refractivity contribution in [1.82, 2.24) is 5.32 Å². The highest BCUT2D eigenvalue weighted by Gasteiger charge is 2.22. The van der Waals surface area contributed by atoms with Gasteiger partial charge in [0.2, 0.25) is 5.91 Å². The molecule has 0 aliphatic carbocycles. The van der Waals surface area contributed by atoms with E-state index in [2.05, 4.69) is 5.32 Å². The summed E-state index contributed by atoms with van der Waals surface area (Å²) in [7, 11) is 0. The van der Waals surface area contributed by atoms with Gasteiger partial charge in [-0.1, -0.05) is 13.8 Å². The molecule has 0 radical (unpaired) electrons. The molecule has 1 aromatic rings. The summed E-state index contributed by atoms with van der Waals surface area (Å²) in [5.41, 5.74) is 6.02. The zero-order valence-electron chi connectivity index (χ0n) is 10.7. The molecule has 0 aromatic heterocycles. The van der Waals surface area contributed by atoms with E-state index in [1.165, 1.54) is 6.07 Å². The Bertz CT molecular complexity index is 452. The normalized spacial score (nSPS) is 12.3. The summed E-state index contributed by atoms with van der Waals surface area (Å²) in [5.74, 6) is -1.72. The average molecular weight is 252 g/mol. The fourth-order valence-electron chi connectivity index (χ4n) is 1.66. The maximum absolute atomic E-state index is 13.2. The minimum absolute atomic E-state index is 0.124. The third-order valence-corrected chi connectivity index (χ3v) is 2.56. The molecule has 0 fully saturated rings. The van der Waals surface area contributed by atoms with Gasteiger partial charge in [0.05, 0.1) is 0 Å². The van der Waals surface area contributed by atoms with Gasteiger partial charge >= 0.3 is 0 Å². The Labute approximate surface area is 105 Å². The van der Waals surface area contributed by atoms with E-state index in [9.17, 15) is 14.0 Å². The van der Waals surface area contributed by atoms with Crippen molar-refractivity contribution in [3.63, 3.8) is 0 Å². The molecule has 0 spiro atoms. The summed E-state index contributed by atoms with van der Waals surface area (Å²) >= 11 is 0. The van der Waals surface area contributed by atoms with Crippen LogP contribution in [0.15, 0.2) is 18.2 Å². The van der Waals surface area contributed by atoms with E-state index in [1.54, 1.807) is 26.8 Å². The van der Waals surface area contributed by atoms with E-state index >= 15 is 0 Å². The molecule has 0 saturated carbocycles. The van der Waals surface area contributed by atoms with Gasteiger partial charge in [0, 0.05) is 5.56 Å². The van der Waals surface area contributed by atoms with Gasteiger partial charge in [0.1, 0.15) is 11.9 Å². The van der Waals surface area contributed by atoms with Gasteiger partial charge in [-0.3, -0.25) is 9.59 Å². The largest absolute Gasteiger partial charge is 0.368 e. The molecule has 0 bridgehead atoms. The molecular weight excluding hydrogens is 235 g/mol. The minimum Gasteiger partial charge on any atom is -0.368 e. The fraction of sp³-hybridized carbons (Fsp3) is 0.385. The van der Waals surface area contributed by atoms with E-state index in [0.717, 1.165) is 6.07 Å². The SMILES string of the molecule is Cc1cc(F)cc(C(=O)NC(C(N)=O)C(C)C)c1. The Morgan fingerprint density at radius 2 is 1.89 bits per heavy atom. The zero-order chi connectivity index (χ0) is 13.9. The van der Waals surface area contributed by atoms with Crippen LogP contribution in [0.3, 0.4) is 0 Å². The molecule has 0 aliphatic heterocycles. The van der Waals surface area contributed by atoms with Crippen LogP contribution >= 0.6 is 0 Å². The predicted molar refractivity (Wildman–Crippen MR) is 66.4 cm³/mol. The molecule has 1 aromatic carbocycles. The van der Waals surface area contributed by atoms with Crippen molar-refractivity contribution in [2.45, 2.75) is 26.8 Å². The van der Waals surface area contributed by atoms with Gasteiger partial charge in [-0.05, 0) is 36.6 Å². The standard InChI is InChI=1S/C13H17FN2O2/c1-7(2)11(12(15)17)16-13(18)9-4-8(3)5-10(14)6-9/h4-7,11H,1-3H3,(H2,15,17)(H,16,18). The lowest BCUT2D eigenvalue weighted by atomic mass is 10.0. The summed E-state index contributed by atoms with van der Waals surface area (Å²) in [5, 5.41) is 2.51. The van der Waals surface area contributed by atoms with Crippen LogP contribution < -0.4 is 11.1 Å². The smallest absolute Gasteiger partial charge is 0.252 e. The molecule has 98 valence electrons. The lowest BCUT2D eigenvalue weighted by Gasteiger charge is -2.19. The first-order chi connectivity index (χ1) is 8.31. The molecule has 0 saturated heterocycles. The first-order valence-corrected chi connectivity index (χ1v) is 5.68. The van der Waals surface area contributed by atoms with Crippen LogP contribution in [0.5, 0.6) is 0 Å². The number of halogens is 1. The lowest BCUT2D eigenvalue weighted by Crippen LogP contribution is -2.47. The summed E-state index contributed by atoms with van der Waals surface area (Å²) in [6.07, 6.45) is 0. The predicted octanol–water partition coefficient (Wildman–Crippen LogP) is 1.37. The quantitative estimate of drug-likeness (QED) is 0.849. The van der Waals surface area contributed by atoms with Gasteiger partial charge in [-0.25, -0.2) is 4.39 Å². The van der Waals surface area contributed by atoms with Gasteiger partial charge in [0.15, 0.2) is 0 Å². The molecule has 1 unspecified atom stereocenters. The summed E-state index contributed by atoms with van der Waals surface area (Å²) < 4.78 is 13.2. The molecule has 1 atom stereocenters. The van der Waals surface area contributed by atoms with Crippen LogP contribution in [0.1, 0.15) is 29.8 Å². The number of benzene rings is 1. The van der Waals surface area contributed by atoms with Crippen LogP contribution in [0, 0.1) is 18.7 Å². The number of carbonyl (C=O) groups excluding carboxylic acids is 2. The van der Waals surface area contributed by atoms with Gasteiger partial charge in [0.25, 0.3) is 5.91 Å². The Morgan fingerprint density at radius 1 is 1.28 bits per heavy atom. The summed E-state index contributed by atoms with van der Waals surface area (Å²) in [6.45, 7) is 5.23. The van der Waals surface area contributed by atoms with Gasteiger partial charge in [-0.2, -0.15) is 0 Å². The van der Waals surface area contributed by atoms with Crippen molar-refractivity contribution < 1.29 is 14.0 Å². The van der Waals surface area contributed by atoms with Crippen molar-refractivity contribution in [1.29, 1.82) is 0 Å². The molecule has 0 heterocycles. The number of carbonyl (C=O) groups is 2. The van der Waals surface area contributed by atoms with Crippen LogP contribution in [0.25, 0.3) is 0 Å². The van der Waals surface area contributed by atoms with E-state index in [1.807, 2.05) is 0 Å². The first kappa shape index (κ1) is 14.2. The second kappa shape index (κ2) is 5.62. The maximum atomic E-state index is 13.2. The number of nitrogens with one attached hydrogen (secondary N) is 1. The molecule has 1 rings (SSSR count). The second-order valence-corrected chi connectivity index (χ2v) is 4.61. The van der Waals surface area contributed by atoms with Crippen molar-refractivity contribution in [3.05, 3.63) is 35.1 Å². The molecule has 3 N–H and O–H groups in total. The van der Waals surface area contributed by atoms with Crippen molar-refractivity contribution in [3.8, 4) is 0 Å². The highest BCUT2D eigenvalue weighted by molar-refractivity contribution is 5.97. The number of primary amides is 1. The number of rotatable bonds is 4. The average Bonchev–Trinajstić information content (AvgIpc) is 2.23.